The second kappa shape index (κ2) is 15.7. The Morgan fingerprint density at radius 3 is 2.30 bits per heavy atom. The van der Waals surface area contributed by atoms with Crippen LogP contribution in [0, 0.1) is 6.92 Å². The number of amides is 2. The first-order valence-electron chi connectivity index (χ1n) is 15.5. The average molecular weight is 620 g/mol. The van der Waals surface area contributed by atoms with E-state index >= 15 is 0 Å². The number of hydrogen-bond donors (Lipinski definition) is 1. The highest BCUT2D eigenvalue weighted by Crippen LogP contribution is 2.30. The summed E-state index contributed by atoms with van der Waals surface area (Å²) in [5.41, 5.74) is 3.41. The van der Waals surface area contributed by atoms with Crippen molar-refractivity contribution in [2.75, 3.05) is 24.2 Å². The van der Waals surface area contributed by atoms with E-state index in [1.807, 2.05) is 61.5 Å². The zero-order chi connectivity index (χ0) is 31.5. The van der Waals surface area contributed by atoms with E-state index in [1.165, 1.54) is 17.8 Å². The summed E-state index contributed by atoms with van der Waals surface area (Å²) in [5.74, 6) is 0.0980. The van der Waals surface area contributed by atoms with E-state index in [-0.39, 0.29) is 43.8 Å². The molecule has 0 aliphatic heterocycles. The molecule has 1 aliphatic rings. The topological polar surface area (TPSA) is 96.0 Å². The number of carbonyl (C=O) groups excluding carboxylic acids is 2. The van der Waals surface area contributed by atoms with Crippen molar-refractivity contribution in [3.63, 3.8) is 0 Å². The lowest BCUT2D eigenvalue weighted by Gasteiger charge is -2.34. The van der Waals surface area contributed by atoms with Gasteiger partial charge in [-0.15, -0.1) is 0 Å². The molecular weight excluding hydrogens is 574 g/mol. The van der Waals surface area contributed by atoms with Gasteiger partial charge in [-0.05, 0) is 49.4 Å². The monoisotopic (exact) mass is 619 g/mol. The number of sulfonamides is 1. The van der Waals surface area contributed by atoms with E-state index in [2.05, 4.69) is 5.32 Å². The Labute approximate surface area is 262 Å². The van der Waals surface area contributed by atoms with Gasteiger partial charge in [0.1, 0.15) is 11.8 Å². The molecule has 0 bridgehead atoms. The van der Waals surface area contributed by atoms with E-state index in [0.29, 0.717) is 17.9 Å². The second-order valence-corrected chi connectivity index (χ2v) is 13.6. The summed E-state index contributed by atoms with van der Waals surface area (Å²) < 4.78 is 32.3. The first-order valence-corrected chi connectivity index (χ1v) is 17.3. The Bertz CT molecular complexity index is 1490. The molecule has 2 amide bonds. The van der Waals surface area contributed by atoms with Crippen LogP contribution in [0.15, 0.2) is 78.9 Å². The van der Waals surface area contributed by atoms with Crippen LogP contribution in [0.5, 0.6) is 5.75 Å². The fraction of sp³-hybridized carbons (Fsp3) is 0.429. The van der Waals surface area contributed by atoms with Gasteiger partial charge in [0.05, 0.1) is 19.1 Å². The maximum Gasteiger partial charge on any atom is 0.243 e. The lowest BCUT2D eigenvalue weighted by molar-refractivity contribution is -0.141. The molecule has 1 atom stereocenters. The number of para-hydroxylation sites is 2. The van der Waals surface area contributed by atoms with Crippen LogP contribution < -0.4 is 14.4 Å². The van der Waals surface area contributed by atoms with E-state index in [9.17, 15) is 18.0 Å². The van der Waals surface area contributed by atoms with Crippen molar-refractivity contribution in [3.8, 4) is 5.75 Å². The molecule has 1 N–H and O–H groups in total. The second-order valence-electron chi connectivity index (χ2n) is 11.7. The van der Waals surface area contributed by atoms with Crippen molar-refractivity contribution in [1.82, 2.24) is 10.2 Å². The van der Waals surface area contributed by atoms with Crippen molar-refractivity contribution in [2.24, 2.45) is 0 Å². The molecule has 1 aliphatic carbocycles. The highest BCUT2D eigenvalue weighted by Gasteiger charge is 2.32. The lowest BCUT2D eigenvalue weighted by atomic mass is 9.94. The van der Waals surface area contributed by atoms with Crippen LogP contribution in [0.25, 0.3) is 0 Å². The van der Waals surface area contributed by atoms with Gasteiger partial charge in [0, 0.05) is 32.0 Å². The molecule has 0 aromatic heterocycles. The minimum absolute atomic E-state index is 0.0784. The maximum atomic E-state index is 14.1. The summed E-state index contributed by atoms with van der Waals surface area (Å²) in [7, 11) is -2.15. The zero-order valence-corrected chi connectivity index (χ0v) is 26.9. The Hall–Kier alpha value is -3.85. The van der Waals surface area contributed by atoms with Crippen LogP contribution in [0.4, 0.5) is 5.69 Å². The fourth-order valence-electron chi connectivity index (χ4n) is 5.92. The molecule has 4 rings (SSSR count). The smallest absolute Gasteiger partial charge is 0.243 e. The van der Waals surface area contributed by atoms with Gasteiger partial charge in [-0.3, -0.25) is 13.9 Å². The van der Waals surface area contributed by atoms with Crippen molar-refractivity contribution in [2.45, 2.75) is 76.9 Å². The standard InChI is InChI=1S/C35H45N3O5S/c1-27-14-12-17-29(24-27)26-37(32(25-28-15-6-4-7-16-28)35(40)36-30-18-8-5-9-19-30)34(39)22-13-23-38(44(3,41)42)31-20-10-11-21-33(31)43-2/h4,6-7,10-12,14-17,20-21,24,30,32H,5,8-9,13,18-19,22-23,25-26H2,1-3H3,(H,36,40). The SMILES string of the molecule is COc1ccccc1N(CCCC(=O)N(Cc1cccc(C)c1)C(Cc1ccccc1)C(=O)NC1CCCCC1)S(C)(=O)=O. The zero-order valence-electron chi connectivity index (χ0n) is 26.1. The number of anilines is 1. The molecule has 0 radical (unpaired) electrons. The molecule has 44 heavy (non-hydrogen) atoms. The minimum Gasteiger partial charge on any atom is -0.495 e. The Balaban J connectivity index is 1.60. The summed E-state index contributed by atoms with van der Waals surface area (Å²) >= 11 is 0. The molecule has 3 aromatic carbocycles. The first kappa shape index (κ1) is 33.1. The summed E-state index contributed by atoms with van der Waals surface area (Å²) in [4.78, 5) is 29.8. The number of aryl methyl sites for hydroxylation is 1. The van der Waals surface area contributed by atoms with Gasteiger partial charge in [-0.25, -0.2) is 8.42 Å². The maximum absolute atomic E-state index is 14.1. The fourth-order valence-corrected chi connectivity index (χ4v) is 6.89. The molecule has 0 saturated heterocycles. The van der Waals surface area contributed by atoms with E-state index < -0.39 is 16.1 Å². The van der Waals surface area contributed by atoms with Crippen molar-refractivity contribution in [3.05, 3.63) is 95.6 Å². The largest absolute Gasteiger partial charge is 0.495 e. The van der Waals surface area contributed by atoms with Crippen LogP contribution in [0.1, 0.15) is 61.6 Å². The number of carbonyl (C=O) groups is 2. The third-order valence-electron chi connectivity index (χ3n) is 8.16. The molecule has 0 heterocycles. The normalized spacial score (nSPS) is 14.4. The average Bonchev–Trinajstić information content (AvgIpc) is 3.01. The highest BCUT2D eigenvalue weighted by atomic mass is 32.2. The molecule has 8 nitrogen and oxygen atoms in total. The molecule has 1 saturated carbocycles. The van der Waals surface area contributed by atoms with Gasteiger partial charge in [0.25, 0.3) is 0 Å². The van der Waals surface area contributed by atoms with Crippen molar-refractivity contribution < 1.29 is 22.7 Å². The quantitative estimate of drug-likeness (QED) is 0.252. The molecule has 0 spiro atoms. The summed E-state index contributed by atoms with van der Waals surface area (Å²) in [6.45, 7) is 2.38. The number of nitrogens with one attached hydrogen (secondary N) is 1. The molecule has 1 unspecified atom stereocenters. The van der Waals surface area contributed by atoms with Crippen molar-refractivity contribution in [1.29, 1.82) is 0 Å². The van der Waals surface area contributed by atoms with Gasteiger partial charge in [-0.2, -0.15) is 0 Å². The number of benzene rings is 3. The van der Waals surface area contributed by atoms with Crippen molar-refractivity contribution >= 4 is 27.5 Å². The molecule has 9 heteroatoms. The van der Waals surface area contributed by atoms with Crippen LogP contribution in [-0.4, -0.2) is 57.1 Å². The summed E-state index contributed by atoms with van der Waals surface area (Å²) in [6.07, 6.45) is 7.12. The molecule has 1 fully saturated rings. The highest BCUT2D eigenvalue weighted by molar-refractivity contribution is 7.92. The van der Waals surface area contributed by atoms with Gasteiger partial charge < -0.3 is 15.0 Å². The van der Waals surface area contributed by atoms with E-state index in [1.54, 1.807) is 29.2 Å². The molecule has 236 valence electrons. The minimum atomic E-state index is -3.64. The van der Waals surface area contributed by atoms with Crippen LogP contribution in [0.3, 0.4) is 0 Å². The molecule has 3 aromatic rings. The Morgan fingerprint density at radius 1 is 0.932 bits per heavy atom. The summed E-state index contributed by atoms with van der Waals surface area (Å²) in [5, 5.41) is 3.27. The summed E-state index contributed by atoms with van der Waals surface area (Å²) in [6, 6.07) is 24.1. The molecular formula is C35H45N3O5S. The third-order valence-corrected chi connectivity index (χ3v) is 9.34. The van der Waals surface area contributed by atoms with Gasteiger partial charge in [-0.1, -0.05) is 91.6 Å². The number of nitrogens with zero attached hydrogens (tertiary/aromatic N) is 2. The first-order chi connectivity index (χ1) is 21.2. The predicted molar refractivity (Wildman–Crippen MR) is 175 cm³/mol. The van der Waals surface area contributed by atoms with E-state index in [4.69, 9.17) is 4.74 Å². The number of rotatable bonds is 14. The van der Waals surface area contributed by atoms with Gasteiger partial charge in [0.15, 0.2) is 0 Å². The Morgan fingerprint density at radius 2 is 1.61 bits per heavy atom. The van der Waals surface area contributed by atoms with Gasteiger partial charge >= 0.3 is 0 Å². The lowest BCUT2D eigenvalue weighted by Crippen LogP contribution is -2.53. The van der Waals surface area contributed by atoms with Crippen LogP contribution in [-0.2, 0) is 32.6 Å². The number of ether oxygens (including phenoxy) is 1. The number of methoxy groups -OCH3 is 1. The van der Waals surface area contributed by atoms with Gasteiger partial charge in [0.2, 0.25) is 21.8 Å². The van der Waals surface area contributed by atoms with Crippen LogP contribution >= 0.6 is 0 Å². The Kier molecular flexibility index (Phi) is 11.8. The number of hydrogen-bond acceptors (Lipinski definition) is 5. The third kappa shape index (κ3) is 9.32. The van der Waals surface area contributed by atoms with E-state index in [0.717, 1.165) is 48.6 Å². The van der Waals surface area contributed by atoms with Crippen LogP contribution in [0.2, 0.25) is 0 Å². The predicted octanol–water partition coefficient (Wildman–Crippen LogP) is 5.64.